The highest BCUT2D eigenvalue weighted by Crippen LogP contribution is 2.17. The van der Waals surface area contributed by atoms with Crippen LogP contribution in [0, 0.1) is 0 Å². The third-order valence-corrected chi connectivity index (χ3v) is 1.39. The van der Waals surface area contributed by atoms with Gasteiger partial charge in [0, 0.05) is 12.6 Å². The molecule has 1 aliphatic heterocycles. The molecule has 0 fully saturated rings. The summed E-state index contributed by atoms with van der Waals surface area (Å²) in [5.74, 6) is 0.568. The zero-order valence-corrected chi connectivity index (χ0v) is 5.16. The number of nitrogens with one attached hydrogen (secondary N) is 1. The van der Waals surface area contributed by atoms with E-state index in [9.17, 15) is 4.79 Å². The number of aliphatic imine (C=N–C) groups is 1. The minimum atomic E-state index is 0.0579. The zero-order valence-electron chi connectivity index (χ0n) is 5.16. The predicted octanol–water partition coefficient (Wildman–Crippen LogP) is 0.698. The number of carbonyl (C=O) groups excluding carboxylic acids is 1. The Bertz CT molecular complexity index is 300. The van der Waals surface area contributed by atoms with Crippen LogP contribution in [0.1, 0.15) is 16.9 Å². The number of hydrogen-bond donors (Lipinski definition) is 1. The lowest BCUT2D eigenvalue weighted by atomic mass is 10.2. The molecule has 0 bridgehead atoms. The van der Waals surface area contributed by atoms with Crippen molar-refractivity contribution in [3.05, 3.63) is 12.0 Å². The average molecular weight is 135 g/mol. The molecule has 4 heteroatoms. The Balaban J connectivity index is 2.62. The maximum absolute atomic E-state index is 11.0. The van der Waals surface area contributed by atoms with Gasteiger partial charge < -0.3 is 4.98 Å². The zero-order chi connectivity index (χ0) is 6.97. The first-order valence-electron chi connectivity index (χ1n) is 2.97. The van der Waals surface area contributed by atoms with Crippen LogP contribution in [0.4, 0.5) is 5.82 Å². The minimum absolute atomic E-state index is 0.0579. The van der Waals surface area contributed by atoms with Crippen molar-refractivity contribution < 1.29 is 4.79 Å². The van der Waals surface area contributed by atoms with Crippen molar-refractivity contribution in [2.24, 2.45) is 4.99 Å². The summed E-state index contributed by atoms with van der Waals surface area (Å²) in [5.41, 5.74) is 0.530. The van der Waals surface area contributed by atoms with Crippen LogP contribution in [0.2, 0.25) is 0 Å². The Morgan fingerprint density at radius 1 is 1.60 bits per heavy atom. The van der Waals surface area contributed by atoms with E-state index in [1.807, 2.05) is 0 Å². The molecule has 0 radical (unpaired) electrons. The quantitative estimate of drug-likeness (QED) is 0.569. The fourth-order valence-corrected chi connectivity index (χ4v) is 0.907. The maximum Gasteiger partial charge on any atom is 0.188 e. The molecule has 0 spiro atoms. The van der Waals surface area contributed by atoms with Crippen LogP contribution in [0.5, 0.6) is 0 Å². The van der Waals surface area contributed by atoms with Crippen molar-refractivity contribution >= 4 is 17.8 Å². The molecule has 0 saturated heterocycles. The van der Waals surface area contributed by atoms with Crippen LogP contribution in [0.25, 0.3) is 0 Å². The first-order chi connectivity index (χ1) is 4.88. The minimum Gasteiger partial charge on any atom is -0.340 e. The molecule has 0 amide bonds. The second kappa shape index (κ2) is 1.76. The van der Waals surface area contributed by atoms with Gasteiger partial charge in [-0.2, -0.15) is 0 Å². The number of ketones is 1. The summed E-state index contributed by atoms with van der Waals surface area (Å²) in [7, 11) is 0. The summed E-state index contributed by atoms with van der Waals surface area (Å²) in [6, 6.07) is 0. The SMILES string of the molecule is O=C1CC=Nc2nc[nH]c21. The number of nitrogens with zero attached hydrogens (tertiary/aromatic N) is 2. The van der Waals surface area contributed by atoms with Gasteiger partial charge in [-0.25, -0.2) is 9.98 Å². The molecule has 10 heavy (non-hydrogen) atoms. The first kappa shape index (κ1) is 5.34. The van der Waals surface area contributed by atoms with Crippen LogP contribution in [0.3, 0.4) is 0 Å². The highest BCUT2D eigenvalue weighted by atomic mass is 16.1. The van der Waals surface area contributed by atoms with Gasteiger partial charge in [0.25, 0.3) is 0 Å². The van der Waals surface area contributed by atoms with Crippen molar-refractivity contribution in [1.29, 1.82) is 0 Å². The van der Waals surface area contributed by atoms with Gasteiger partial charge in [-0.3, -0.25) is 4.79 Å². The molecule has 0 unspecified atom stereocenters. The molecule has 2 rings (SSSR count). The molecule has 50 valence electrons. The topological polar surface area (TPSA) is 58.1 Å². The van der Waals surface area contributed by atoms with Crippen LogP contribution < -0.4 is 0 Å². The Kier molecular flexibility index (Phi) is 0.943. The van der Waals surface area contributed by atoms with Crippen molar-refractivity contribution in [2.75, 3.05) is 0 Å². The van der Waals surface area contributed by atoms with Gasteiger partial charge in [-0.05, 0) is 0 Å². The van der Waals surface area contributed by atoms with Crippen LogP contribution in [0.15, 0.2) is 11.3 Å². The Hall–Kier alpha value is -1.45. The van der Waals surface area contributed by atoms with E-state index in [-0.39, 0.29) is 5.78 Å². The number of fused-ring (bicyclic) bond motifs is 1. The molecule has 0 aliphatic carbocycles. The van der Waals surface area contributed by atoms with Crippen LogP contribution in [-0.2, 0) is 0 Å². The maximum atomic E-state index is 11.0. The Labute approximate surface area is 57.0 Å². The van der Waals surface area contributed by atoms with E-state index < -0.39 is 0 Å². The molecule has 4 nitrogen and oxygen atoms in total. The molecule has 1 N–H and O–H groups in total. The molecule has 1 aliphatic rings. The summed E-state index contributed by atoms with van der Waals surface area (Å²) in [5, 5.41) is 0. The predicted molar refractivity (Wildman–Crippen MR) is 35.7 cm³/mol. The van der Waals surface area contributed by atoms with Gasteiger partial charge in [0.2, 0.25) is 0 Å². The lowest BCUT2D eigenvalue weighted by Crippen LogP contribution is -2.03. The molecule has 0 aromatic carbocycles. The van der Waals surface area contributed by atoms with Gasteiger partial charge in [-0.1, -0.05) is 0 Å². The summed E-state index contributed by atoms with van der Waals surface area (Å²) in [6.07, 6.45) is 3.44. The van der Waals surface area contributed by atoms with E-state index in [1.165, 1.54) is 6.33 Å². The van der Waals surface area contributed by atoms with E-state index in [4.69, 9.17) is 0 Å². The molecule has 0 saturated carbocycles. The summed E-state index contributed by atoms with van der Waals surface area (Å²) >= 11 is 0. The Morgan fingerprint density at radius 3 is 3.30 bits per heavy atom. The normalized spacial score (nSPS) is 15.4. The van der Waals surface area contributed by atoms with E-state index in [0.29, 0.717) is 17.9 Å². The standard InChI is InChI=1S/C6H5N3O/c10-4-1-2-7-6-5(4)8-3-9-6/h2-3H,1H2,(H,8,9). The van der Waals surface area contributed by atoms with Gasteiger partial charge in [0.1, 0.15) is 5.69 Å². The van der Waals surface area contributed by atoms with Crippen molar-refractivity contribution in [3.8, 4) is 0 Å². The molecule has 0 atom stereocenters. The van der Waals surface area contributed by atoms with Crippen molar-refractivity contribution in [2.45, 2.75) is 6.42 Å². The Morgan fingerprint density at radius 2 is 2.50 bits per heavy atom. The van der Waals surface area contributed by atoms with Crippen molar-refractivity contribution in [1.82, 2.24) is 9.97 Å². The number of Topliss-reactive ketones (excluding diaryl/α,β-unsaturated/α-hetero) is 1. The van der Waals surface area contributed by atoms with Crippen molar-refractivity contribution in [3.63, 3.8) is 0 Å². The number of H-pyrrole nitrogens is 1. The highest BCUT2D eigenvalue weighted by Gasteiger charge is 2.15. The fraction of sp³-hybridized carbons (Fsp3) is 0.167. The van der Waals surface area contributed by atoms with E-state index in [1.54, 1.807) is 6.21 Å². The third kappa shape index (κ3) is 0.586. The number of aromatic nitrogens is 2. The lowest BCUT2D eigenvalue weighted by Gasteiger charge is -1.98. The largest absolute Gasteiger partial charge is 0.340 e. The van der Waals surface area contributed by atoms with E-state index >= 15 is 0 Å². The van der Waals surface area contributed by atoms with E-state index in [0.717, 1.165) is 0 Å². The van der Waals surface area contributed by atoms with Gasteiger partial charge in [0.05, 0.1) is 6.33 Å². The molecule has 1 aromatic rings. The summed E-state index contributed by atoms with van der Waals surface area (Å²) in [6.45, 7) is 0. The van der Waals surface area contributed by atoms with Crippen LogP contribution >= 0.6 is 0 Å². The highest BCUT2D eigenvalue weighted by molar-refractivity contribution is 6.07. The molecule has 2 heterocycles. The number of imidazole rings is 1. The second-order valence-corrected chi connectivity index (χ2v) is 2.04. The van der Waals surface area contributed by atoms with Gasteiger partial charge in [0.15, 0.2) is 11.6 Å². The summed E-state index contributed by atoms with van der Waals surface area (Å²) in [4.78, 5) is 21.5. The average Bonchev–Trinajstić information content (AvgIpc) is 2.36. The summed E-state index contributed by atoms with van der Waals surface area (Å²) < 4.78 is 0. The monoisotopic (exact) mass is 135 g/mol. The number of carbonyl (C=O) groups is 1. The number of hydrogen-bond acceptors (Lipinski definition) is 3. The number of aromatic amines is 1. The second-order valence-electron chi connectivity index (χ2n) is 2.04. The fourth-order valence-electron chi connectivity index (χ4n) is 0.907. The van der Waals surface area contributed by atoms with Gasteiger partial charge in [-0.15, -0.1) is 0 Å². The molecular weight excluding hydrogens is 130 g/mol. The first-order valence-corrected chi connectivity index (χ1v) is 2.97. The molecule has 1 aromatic heterocycles. The van der Waals surface area contributed by atoms with Gasteiger partial charge >= 0.3 is 0 Å². The van der Waals surface area contributed by atoms with Crippen LogP contribution in [-0.4, -0.2) is 22.0 Å². The lowest BCUT2D eigenvalue weighted by molar-refractivity contribution is 0.0997. The number of rotatable bonds is 0. The third-order valence-electron chi connectivity index (χ3n) is 1.39. The smallest absolute Gasteiger partial charge is 0.188 e. The molecular formula is C6H5N3O. The van der Waals surface area contributed by atoms with E-state index in [2.05, 4.69) is 15.0 Å².